The maximum Gasteiger partial charge on any atom is 0.315 e. The van der Waals surface area contributed by atoms with Gasteiger partial charge in [0.1, 0.15) is 23.5 Å². The molecule has 0 fully saturated rings. The molecule has 0 saturated carbocycles. The molecule has 0 aliphatic heterocycles. The normalized spacial score (nSPS) is 10.8. The average Bonchev–Trinajstić information content (AvgIpc) is 2.46. The molecule has 0 aliphatic carbocycles. The second-order valence-corrected chi connectivity index (χ2v) is 6.25. The zero-order valence-electron chi connectivity index (χ0n) is 14.0. The topological polar surface area (TPSA) is 64.6 Å². The molecule has 0 unspecified atom stereocenters. The van der Waals surface area contributed by atoms with Gasteiger partial charge in [0.25, 0.3) is 0 Å². The quantitative estimate of drug-likeness (QED) is 0.662. The minimum absolute atomic E-state index is 0.332. The van der Waals surface area contributed by atoms with Crippen LogP contribution in [0.3, 0.4) is 0 Å². The van der Waals surface area contributed by atoms with Crippen molar-refractivity contribution < 1.29 is 19.1 Å². The van der Waals surface area contributed by atoms with Crippen LogP contribution in [0.5, 0.6) is 11.5 Å². The van der Waals surface area contributed by atoms with Crippen molar-refractivity contribution in [1.29, 1.82) is 0 Å². The molecule has 24 heavy (non-hydrogen) atoms. The minimum Gasteiger partial charge on any atom is -0.460 e. The standard InChI is InChI=1S/C19H21NO4/c1-19(2,3)24-18(22)13-17(21)20-14-8-7-11-16(12-14)23-15-9-5-4-6-10-15/h4-12H,13H2,1-3H3,(H,20,21). The highest BCUT2D eigenvalue weighted by atomic mass is 16.6. The number of anilines is 1. The first-order chi connectivity index (χ1) is 11.3. The van der Waals surface area contributed by atoms with Crippen LogP contribution in [0.25, 0.3) is 0 Å². The van der Waals surface area contributed by atoms with Crippen molar-refractivity contribution in [2.24, 2.45) is 0 Å². The second-order valence-electron chi connectivity index (χ2n) is 6.25. The molecule has 0 atom stereocenters. The monoisotopic (exact) mass is 327 g/mol. The number of carbonyl (C=O) groups excluding carboxylic acids is 2. The van der Waals surface area contributed by atoms with Crippen LogP contribution < -0.4 is 10.1 Å². The number of ether oxygens (including phenoxy) is 2. The van der Waals surface area contributed by atoms with Crippen LogP contribution in [0.15, 0.2) is 54.6 Å². The average molecular weight is 327 g/mol. The third-order valence-electron chi connectivity index (χ3n) is 2.82. The molecule has 0 spiro atoms. The predicted molar refractivity (Wildman–Crippen MR) is 92.0 cm³/mol. The molecule has 0 heterocycles. The fourth-order valence-electron chi connectivity index (χ4n) is 1.98. The van der Waals surface area contributed by atoms with Crippen molar-refractivity contribution in [3.05, 3.63) is 54.6 Å². The van der Waals surface area contributed by atoms with Gasteiger partial charge in [-0.25, -0.2) is 0 Å². The van der Waals surface area contributed by atoms with E-state index in [2.05, 4.69) is 5.32 Å². The Labute approximate surface area is 141 Å². The summed E-state index contributed by atoms with van der Waals surface area (Å²) in [5.41, 5.74) is -0.0575. The van der Waals surface area contributed by atoms with Gasteiger partial charge < -0.3 is 14.8 Å². The highest BCUT2D eigenvalue weighted by Crippen LogP contribution is 2.23. The number of esters is 1. The summed E-state index contributed by atoms with van der Waals surface area (Å²) < 4.78 is 10.8. The van der Waals surface area contributed by atoms with Crippen LogP contribution in [0.1, 0.15) is 27.2 Å². The minimum atomic E-state index is -0.610. The lowest BCUT2D eigenvalue weighted by molar-refractivity contribution is -0.155. The summed E-state index contributed by atoms with van der Waals surface area (Å²) in [6, 6.07) is 16.3. The maximum atomic E-state index is 11.9. The molecular weight excluding hydrogens is 306 g/mol. The summed E-state index contributed by atoms with van der Waals surface area (Å²) in [6.07, 6.45) is -0.332. The largest absolute Gasteiger partial charge is 0.460 e. The van der Waals surface area contributed by atoms with Crippen molar-refractivity contribution in [3.63, 3.8) is 0 Å². The van der Waals surface area contributed by atoms with Crippen molar-refractivity contribution in [3.8, 4) is 11.5 Å². The van der Waals surface area contributed by atoms with E-state index in [4.69, 9.17) is 9.47 Å². The number of carbonyl (C=O) groups is 2. The summed E-state index contributed by atoms with van der Waals surface area (Å²) in [6.45, 7) is 5.27. The first-order valence-corrected chi connectivity index (χ1v) is 7.66. The van der Waals surface area contributed by atoms with Crippen LogP contribution in [-0.4, -0.2) is 17.5 Å². The molecule has 2 aromatic carbocycles. The number of para-hydroxylation sites is 1. The van der Waals surface area contributed by atoms with E-state index in [0.29, 0.717) is 17.2 Å². The van der Waals surface area contributed by atoms with Crippen LogP contribution in [0.4, 0.5) is 5.69 Å². The summed E-state index contributed by atoms with van der Waals surface area (Å²) in [4.78, 5) is 23.6. The summed E-state index contributed by atoms with van der Waals surface area (Å²) in [5, 5.41) is 2.66. The Morgan fingerprint density at radius 2 is 1.62 bits per heavy atom. The van der Waals surface area contributed by atoms with Crippen molar-refractivity contribution >= 4 is 17.6 Å². The third kappa shape index (κ3) is 6.12. The molecule has 0 radical (unpaired) electrons. The van der Waals surface area contributed by atoms with Gasteiger partial charge in [0.15, 0.2) is 0 Å². The number of hydrogen-bond acceptors (Lipinski definition) is 4. The third-order valence-corrected chi connectivity index (χ3v) is 2.82. The van der Waals surface area contributed by atoms with Gasteiger partial charge in [-0.2, -0.15) is 0 Å². The van der Waals surface area contributed by atoms with Crippen LogP contribution in [-0.2, 0) is 14.3 Å². The van der Waals surface area contributed by atoms with Gasteiger partial charge in [-0.3, -0.25) is 9.59 Å². The Bertz CT molecular complexity index is 705. The van der Waals surface area contributed by atoms with Gasteiger partial charge in [-0.15, -0.1) is 0 Å². The Morgan fingerprint density at radius 1 is 0.958 bits per heavy atom. The molecule has 5 nitrogen and oxygen atoms in total. The number of nitrogens with one attached hydrogen (secondary N) is 1. The fraction of sp³-hybridized carbons (Fsp3) is 0.263. The molecule has 5 heteroatoms. The van der Waals surface area contributed by atoms with Gasteiger partial charge in [-0.05, 0) is 45.0 Å². The number of benzene rings is 2. The van der Waals surface area contributed by atoms with Crippen molar-refractivity contribution in [2.75, 3.05) is 5.32 Å². The Kier molecular flexibility index (Phi) is 5.58. The van der Waals surface area contributed by atoms with Crippen molar-refractivity contribution in [2.45, 2.75) is 32.8 Å². The lowest BCUT2D eigenvalue weighted by atomic mass is 10.2. The van der Waals surface area contributed by atoms with E-state index in [-0.39, 0.29) is 6.42 Å². The van der Waals surface area contributed by atoms with E-state index in [1.807, 2.05) is 30.3 Å². The van der Waals surface area contributed by atoms with E-state index in [1.165, 1.54) is 0 Å². The fourth-order valence-corrected chi connectivity index (χ4v) is 1.98. The smallest absolute Gasteiger partial charge is 0.315 e. The first kappa shape index (κ1) is 17.5. The van der Waals surface area contributed by atoms with E-state index < -0.39 is 17.5 Å². The molecule has 2 aromatic rings. The number of hydrogen-bond donors (Lipinski definition) is 1. The highest BCUT2D eigenvalue weighted by Gasteiger charge is 2.19. The maximum absolute atomic E-state index is 11.9. The van der Waals surface area contributed by atoms with Crippen LogP contribution in [0.2, 0.25) is 0 Å². The van der Waals surface area contributed by atoms with Gasteiger partial charge in [0.2, 0.25) is 5.91 Å². The Balaban J connectivity index is 1.94. The molecule has 1 N–H and O–H groups in total. The molecule has 126 valence electrons. The van der Waals surface area contributed by atoms with Gasteiger partial charge >= 0.3 is 5.97 Å². The molecular formula is C19H21NO4. The van der Waals surface area contributed by atoms with E-state index in [0.717, 1.165) is 0 Å². The molecule has 0 bridgehead atoms. The molecule has 0 aromatic heterocycles. The highest BCUT2D eigenvalue weighted by molar-refractivity contribution is 6.02. The van der Waals surface area contributed by atoms with Crippen molar-refractivity contribution in [1.82, 2.24) is 0 Å². The van der Waals surface area contributed by atoms with E-state index >= 15 is 0 Å². The molecule has 0 saturated heterocycles. The summed E-state index contributed by atoms with van der Waals surface area (Å²) >= 11 is 0. The Morgan fingerprint density at radius 3 is 2.29 bits per heavy atom. The number of rotatable bonds is 5. The zero-order valence-corrected chi connectivity index (χ0v) is 14.0. The number of amides is 1. The van der Waals surface area contributed by atoms with E-state index in [9.17, 15) is 9.59 Å². The summed E-state index contributed by atoms with van der Waals surface area (Å²) in [5.74, 6) is 0.309. The lowest BCUT2D eigenvalue weighted by Crippen LogP contribution is -2.27. The molecule has 0 aliphatic rings. The van der Waals surface area contributed by atoms with Gasteiger partial charge in [-0.1, -0.05) is 24.3 Å². The molecule has 2 rings (SSSR count). The lowest BCUT2D eigenvalue weighted by Gasteiger charge is -2.19. The van der Waals surface area contributed by atoms with Gasteiger partial charge in [0, 0.05) is 11.8 Å². The van der Waals surface area contributed by atoms with Crippen LogP contribution >= 0.6 is 0 Å². The van der Waals surface area contributed by atoms with Gasteiger partial charge in [0.05, 0.1) is 0 Å². The first-order valence-electron chi connectivity index (χ1n) is 7.66. The van der Waals surface area contributed by atoms with E-state index in [1.54, 1.807) is 45.0 Å². The Hall–Kier alpha value is -2.82. The predicted octanol–water partition coefficient (Wildman–Crippen LogP) is 4.15. The zero-order chi connectivity index (χ0) is 17.6. The van der Waals surface area contributed by atoms with Crippen LogP contribution in [0, 0.1) is 0 Å². The second kappa shape index (κ2) is 7.64. The molecule has 1 amide bonds. The summed E-state index contributed by atoms with van der Waals surface area (Å²) in [7, 11) is 0. The SMILES string of the molecule is CC(C)(C)OC(=O)CC(=O)Nc1cccc(Oc2ccccc2)c1.